The van der Waals surface area contributed by atoms with Crippen LogP contribution in [0.3, 0.4) is 0 Å². The molecule has 1 saturated heterocycles. The summed E-state index contributed by atoms with van der Waals surface area (Å²) in [5, 5.41) is 8.88. The third-order valence-electron chi connectivity index (χ3n) is 4.74. The Balaban J connectivity index is 1.61. The minimum absolute atomic E-state index is 0.137. The van der Waals surface area contributed by atoms with Gasteiger partial charge in [-0.15, -0.1) is 0 Å². The SMILES string of the molecule is Cc1ccccc1C(=O)N1CCCN(Cc2ccc(C#N)cc2)CC1. The molecule has 0 saturated carbocycles. The summed E-state index contributed by atoms with van der Waals surface area (Å²) in [4.78, 5) is 17.1. The fourth-order valence-corrected chi connectivity index (χ4v) is 3.26. The molecule has 4 heteroatoms. The molecule has 128 valence electrons. The molecule has 1 aliphatic heterocycles. The molecule has 1 heterocycles. The van der Waals surface area contributed by atoms with Gasteiger partial charge >= 0.3 is 0 Å². The molecule has 2 aromatic carbocycles. The molecule has 0 aromatic heterocycles. The van der Waals surface area contributed by atoms with E-state index in [-0.39, 0.29) is 5.91 Å². The normalized spacial score (nSPS) is 15.4. The fraction of sp³-hybridized carbons (Fsp3) is 0.333. The monoisotopic (exact) mass is 333 g/mol. The highest BCUT2D eigenvalue weighted by Crippen LogP contribution is 2.14. The molecule has 1 amide bonds. The number of carbonyl (C=O) groups is 1. The van der Waals surface area contributed by atoms with Crippen molar-refractivity contribution in [3.8, 4) is 6.07 Å². The molecule has 0 bridgehead atoms. The highest BCUT2D eigenvalue weighted by molar-refractivity contribution is 5.95. The Bertz CT molecular complexity index is 776. The van der Waals surface area contributed by atoms with E-state index in [1.165, 1.54) is 5.56 Å². The van der Waals surface area contributed by atoms with Gasteiger partial charge in [-0.3, -0.25) is 9.69 Å². The van der Waals surface area contributed by atoms with Crippen LogP contribution in [0, 0.1) is 18.3 Å². The van der Waals surface area contributed by atoms with Gasteiger partial charge in [-0.2, -0.15) is 5.26 Å². The van der Waals surface area contributed by atoms with E-state index in [0.29, 0.717) is 5.56 Å². The first-order valence-corrected chi connectivity index (χ1v) is 8.73. The number of carbonyl (C=O) groups excluding carboxylic acids is 1. The Hall–Kier alpha value is -2.64. The Morgan fingerprint density at radius 1 is 1.04 bits per heavy atom. The average molecular weight is 333 g/mol. The van der Waals surface area contributed by atoms with Crippen molar-refractivity contribution in [3.05, 3.63) is 70.8 Å². The second-order valence-electron chi connectivity index (χ2n) is 6.55. The van der Waals surface area contributed by atoms with Crippen LogP contribution < -0.4 is 0 Å². The maximum Gasteiger partial charge on any atom is 0.254 e. The second-order valence-corrected chi connectivity index (χ2v) is 6.55. The standard InChI is InChI=1S/C21H23N3O/c1-17-5-2-3-6-20(17)21(25)24-12-4-11-23(13-14-24)16-19-9-7-18(15-22)8-10-19/h2-3,5-10H,4,11-14,16H2,1H3. The van der Waals surface area contributed by atoms with Crippen molar-refractivity contribution in [3.63, 3.8) is 0 Å². The van der Waals surface area contributed by atoms with Gasteiger partial charge in [0.2, 0.25) is 0 Å². The second kappa shape index (κ2) is 7.96. The molecule has 25 heavy (non-hydrogen) atoms. The zero-order valence-corrected chi connectivity index (χ0v) is 14.6. The topological polar surface area (TPSA) is 47.3 Å². The Labute approximate surface area is 149 Å². The molecule has 1 fully saturated rings. The quantitative estimate of drug-likeness (QED) is 0.866. The number of benzene rings is 2. The van der Waals surface area contributed by atoms with Crippen LogP contribution in [0.5, 0.6) is 0 Å². The van der Waals surface area contributed by atoms with E-state index in [4.69, 9.17) is 5.26 Å². The lowest BCUT2D eigenvalue weighted by Crippen LogP contribution is -2.35. The van der Waals surface area contributed by atoms with E-state index >= 15 is 0 Å². The molecule has 0 N–H and O–H groups in total. The average Bonchev–Trinajstić information content (AvgIpc) is 2.88. The van der Waals surface area contributed by atoms with Crippen LogP contribution >= 0.6 is 0 Å². The van der Waals surface area contributed by atoms with Gasteiger partial charge in [0, 0.05) is 38.3 Å². The van der Waals surface area contributed by atoms with Gasteiger partial charge in [-0.25, -0.2) is 0 Å². The Kier molecular flexibility index (Phi) is 5.47. The summed E-state index contributed by atoms with van der Waals surface area (Å²) < 4.78 is 0. The summed E-state index contributed by atoms with van der Waals surface area (Å²) in [6.45, 7) is 6.26. The first-order chi connectivity index (χ1) is 12.2. The van der Waals surface area contributed by atoms with Crippen molar-refractivity contribution in [2.45, 2.75) is 19.9 Å². The molecule has 0 spiro atoms. The molecule has 0 radical (unpaired) electrons. The van der Waals surface area contributed by atoms with E-state index in [9.17, 15) is 4.79 Å². The molecule has 0 unspecified atom stereocenters. The minimum Gasteiger partial charge on any atom is -0.337 e. The molecular weight excluding hydrogens is 310 g/mol. The van der Waals surface area contributed by atoms with Crippen molar-refractivity contribution in [1.29, 1.82) is 5.26 Å². The van der Waals surface area contributed by atoms with E-state index in [1.54, 1.807) is 0 Å². The third kappa shape index (κ3) is 4.26. The van der Waals surface area contributed by atoms with Gasteiger partial charge in [0.05, 0.1) is 11.6 Å². The smallest absolute Gasteiger partial charge is 0.254 e. The summed E-state index contributed by atoms with van der Waals surface area (Å²) >= 11 is 0. The fourth-order valence-electron chi connectivity index (χ4n) is 3.26. The zero-order chi connectivity index (χ0) is 17.6. The van der Waals surface area contributed by atoms with Crippen LogP contribution in [0.1, 0.15) is 33.5 Å². The van der Waals surface area contributed by atoms with Gasteiger partial charge in [0.15, 0.2) is 0 Å². The predicted molar refractivity (Wildman–Crippen MR) is 98.1 cm³/mol. The van der Waals surface area contributed by atoms with Gasteiger partial charge < -0.3 is 4.90 Å². The van der Waals surface area contributed by atoms with Gasteiger partial charge in [0.25, 0.3) is 5.91 Å². The lowest BCUT2D eigenvalue weighted by molar-refractivity contribution is 0.0760. The van der Waals surface area contributed by atoms with Crippen LogP contribution in [-0.2, 0) is 6.54 Å². The molecule has 3 rings (SSSR count). The highest BCUT2D eigenvalue weighted by Gasteiger charge is 2.21. The van der Waals surface area contributed by atoms with Crippen LogP contribution in [0.4, 0.5) is 0 Å². The number of rotatable bonds is 3. The van der Waals surface area contributed by atoms with Crippen molar-refractivity contribution < 1.29 is 4.79 Å². The largest absolute Gasteiger partial charge is 0.337 e. The first-order valence-electron chi connectivity index (χ1n) is 8.73. The van der Waals surface area contributed by atoms with Crippen molar-refractivity contribution in [1.82, 2.24) is 9.80 Å². The maximum absolute atomic E-state index is 12.8. The minimum atomic E-state index is 0.137. The van der Waals surface area contributed by atoms with Gasteiger partial charge in [0.1, 0.15) is 0 Å². The zero-order valence-electron chi connectivity index (χ0n) is 14.6. The van der Waals surface area contributed by atoms with E-state index < -0.39 is 0 Å². The summed E-state index contributed by atoms with van der Waals surface area (Å²) in [5.74, 6) is 0.137. The van der Waals surface area contributed by atoms with Crippen LogP contribution in [0.2, 0.25) is 0 Å². The maximum atomic E-state index is 12.8. The summed E-state index contributed by atoms with van der Waals surface area (Å²) in [6, 6.07) is 17.7. The summed E-state index contributed by atoms with van der Waals surface area (Å²) in [7, 11) is 0. The molecular formula is C21H23N3O. The molecule has 0 atom stereocenters. The van der Waals surface area contributed by atoms with Crippen LogP contribution in [0.15, 0.2) is 48.5 Å². The van der Waals surface area contributed by atoms with Crippen molar-refractivity contribution in [2.75, 3.05) is 26.2 Å². The predicted octanol–water partition coefficient (Wildman–Crippen LogP) is 3.21. The third-order valence-corrected chi connectivity index (χ3v) is 4.74. The highest BCUT2D eigenvalue weighted by atomic mass is 16.2. The van der Waals surface area contributed by atoms with E-state index in [2.05, 4.69) is 11.0 Å². The number of nitrogens with zero attached hydrogens (tertiary/aromatic N) is 3. The molecule has 2 aromatic rings. The van der Waals surface area contributed by atoms with E-state index in [0.717, 1.165) is 50.3 Å². The van der Waals surface area contributed by atoms with Gasteiger partial charge in [-0.1, -0.05) is 30.3 Å². The molecule has 0 aliphatic carbocycles. The van der Waals surface area contributed by atoms with Crippen molar-refractivity contribution >= 4 is 5.91 Å². The van der Waals surface area contributed by atoms with E-state index in [1.807, 2.05) is 60.4 Å². The Morgan fingerprint density at radius 2 is 1.80 bits per heavy atom. The Morgan fingerprint density at radius 3 is 2.52 bits per heavy atom. The lowest BCUT2D eigenvalue weighted by Gasteiger charge is -2.22. The number of amides is 1. The number of aryl methyl sites for hydroxylation is 1. The summed E-state index contributed by atoms with van der Waals surface area (Å²) in [6.07, 6.45) is 0.980. The summed E-state index contributed by atoms with van der Waals surface area (Å²) in [5.41, 5.74) is 3.74. The number of hydrogen-bond acceptors (Lipinski definition) is 3. The number of hydrogen-bond donors (Lipinski definition) is 0. The van der Waals surface area contributed by atoms with Crippen molar-refractivity contribution in [2.24, 2.45) is 0 Å². The first kappa shape index (κ1) is 17.2. The number of nitriles is 1. The molecule has 4 nitrogen and oxygen atoms in total. The van der Waals surface area contributed by atoms with Crippen LogP contribution in [-0.4, -0.2) is 41.9 Å². The van der Waals surface area contributed by atoms with Gasteiger partial charge in [-0.05, 0) is 42.7 Å². The van der Waals surface area contributed by atoms with Crippen LogP contribution in [0.25, 0.3) is 0 Å². The molecule has 1 aliphatic rings. The lowest BCUT2D eigenvalue weighted by atomic mass is 10.1.